The number of amidine groups is 1. The zero-order valence-corrected chi connectivity index (χ0v) is 11.1. The molecule has 0 saturated heterocycles. The van der Waals surface area contributed by atoms with Gasteiger partial charge in [0.2, 0.25) is 0 Å². The summed E-state index contributed by atoms with van der Waals surface area (Å²) in [6.45, 7) is 4.34. The predicted molar refractivity (Wildman–Crippen MR) is 71.3 cm³/mol. The van der Waals surface area contributed by atoms with Crippen LogP contribution in [-0.2, 0) is 0 Å². The minimum absolute atomic E-state index is 0.181. The van der Waals surface area contributed by atoms with Gasteiger partial charge in [-0.1, -0.05) is 19.0 Å². The monoisotopic (exact) mass is 271 g/mol. The van der Waals surface area contributed by atoms with Gasteiger partial charge >= 0.3 is 0 Å². The number of halogens is 2. The van der Waals surface area contributed by atoms with Gasteiger partial charge in [-0.25, -0.2) is 8.78 Å². The number of hydrogen-bond donors (Lipinski definition) is 3. The summed E-state index contributed by atoms with van der Waals surface area (Å²) >= 11 is 0. The van der Waals surface area contributed by atoms with Crippen molar-refractivity contribution in [2.24, 2.45) is 16.3 Å². The van der Waals surface area contributed by atoms with E-state index in [2.05, 4.69) is 10.5 Å². The molecule has 6 heteroatoms. The first kappa shape index (κ1) is 15.2. The molecule has 4 N–H and O–H groups in total. The lowest BCUT2D eigenvalue weighted by Crippen LogP contribution is -2.32. The van der Waals surface area contributed by atoms with Gasteiger partial charge in [0.15, 0.2) is 11.6 Å². The molecule has 0 heterocycles. The SMILES string of the molecule is CC(C)(CCCNc1ccc(F)c(F)c1)C(N)=NO. The van der Waals surface area contributed by atoms with Crippen molar-refractivity contribution in [2.45, 2.75) is 26.7 Å². The van der Waals surface area contributed by atoms with E-state index in [0.717, 1.165) is 18.6 Å². The van der Waals surface area contributed by atoms with Crippen LogP contribution < -0.4 is 11.1 Å². The highest BCUT2D eigenvalue weighted by Crippen LogP contribution is 2.22. The average Bonchev–Trinajstić information content (AvgIpc) is 2.37. The molecule has 0 aliphatic carbocycles. The fourth-order valence-corrected chi connectivity index (χ4v) is 1.63. The van der Waals surface area contributed by atoms with Gasteiger partial charge in [-0.3, -0.25) is 0 Å². The minimum atomic E-state index is -0.873. The highest BCUT2D eigenvalue weighted by molar-refractivity contribution is 5.85. The smallest absolute Gasteiger partial charge is 0.160 e. The standard InChI is InChI=1S/C13H19F2N3O/c1-13(2,12(16)18-19)6-3-7-17-9-4-5-10(14)11(15)8-9/h4-5,8,17,19H,3,6-7H2,1-2H3,(H2,16,18). The number of benzene rings is 1. The minimum Gasteiger partial charge on any atom is -0.409 e. The molecule has 0 spiro atoms. The van der Waals surface area contributed by atoms with Crippen molar-refractivity contribution < 1.29 is 14.0 Å². The number of anilines is 1. The second-order valence-electron chi connectivity index (χ2n) is 5.03. The number of nitrogens with zero attached hydrogens (tertiary/aromatic N) is 1. The van der Waals surface area contributed by atoms with Crippen LogP contribution in [0.2, 0.25) is 0 Å². The summed E-state index contributed by atoms with van der Waals surface area (Å²) in [5.74, 6) is -1.55. The van der Waals surface area contributed by atoms with E-state index in [1.165, 1.54) is 6.07 Å². The number of nitrogens with one attached hydrogen (secondary N) is 1. The number of oxime groups is 1. The molecule has 0 unspecified atom stereocenters. The Kier molecular flexibility index (Phi) is 5.09. The van der Waals surface area contributed by atoms with E-state index in [1.54, 1.807) is 0 Å². The van der Waals surface area contributed by atoms with E-state index in [9.17, 15) is 8.78 Å². The van der Waals surface area contributed by atoms with Crippen molar-refractivity contribution in [1.29, 1.82) is 0 Å². The highest BCUT2D eigenvalue weighted by Gasteiger charge is 2.22. The fourth-order valence-electron chi connectivity index (χ4n) is 1.63. The maximum absolute atomic E-state index is 13.0. The van der Waals surface area contributed by atoms with Crippen LogP contribution in [0.15, 0.2) is 23.4 Å². The molecular weight excluding hydrogens is 252 g/mol. The normalized spacial score (nSPS) is 12.5. The summed E-state index contributed by atoms with van der Waals surface area (Å²) in [6.07, 6.45) is 1.46. The molecule has 0 saturated carbocycles. The van der Waals surface area contributed by atoms with Gasteiger partial charge in [-0.05, 0) is 31.0 Å². The van der Waals surface area contributed by atoms with E-state index < -0.39 is 17.0 Å². The maximum atomic E-state index is 13.0. The Hall–Kier alpha value is -1.85. The number of hydrogen-bond acceptors (Lipinski definition) is 3. The Morgan fingerprint density at radius 3 is 2.63 bits per heavy atom. The fraction of sp³-hybridized carbons (Fsp3) is 0.462. The van der Waals surface area contributed by atoms with Gasteiger partial charge in [0, 0.05) is 17.6 Å². The van der Waals surface area contributed by atoms with Gasteiger partial charge in [-0.2, -0.15) is 0 Å². The van der Waals surface area contributed by atoms with E-state index in [4.69, 9.17) is 10.9 Å². The molecule has 0 bridgehead atoms. The summed E-state index contributed by atoms with van der Waals surface area (Å²) in [4.78, 5) is 0. The molecule has 106 valence electrons. The molecule has 0 radical (unpaired) electrons. The van der Waals surface area contributed by atoms with Gasteiger partial charge in [-0.15, -0.1) is 0 Å². The molecule has 0 amide bonds. The molecule has 4 nitrogen and oxygen atoms in total. The van der Waals surface area contributed by atoms with Gasteiger partial charge < -0.3 is 16.3 Å². The van der Waals surface area contributed by atoms with Crippen molar-refractivity contribution in [2.75, 3.05) is 11.9 Å². The second-order valence-corrected chi connectivity index (χ2v) is 5.03. The van der Waals surface area contributed by atoms with Crippen LogP contribution in [0.5, 0.6) is 0 Å². The van der Waals surface area contributed by atoms with E-state index in [1.807, 2.05) is 13.8 Å². The van der Waals surface area contributed by atoms with E-state index >= 15 is 0 Å². The Morgan fingerprint density at radius 1 is 1.37 bits per heavy atom. The zero-order chi connectivity index (χ0) is 14.5. The summed E-state index contributed by atoms with van der Waals surface area (Å²) in [6, 6.07) is 3.68. The first-order valence-electron chi connectivity index (χ1n) is 6.04. The molecule has 0 aromatic heterocycles. The number of rotatable bonds is 6. The molecular formula is C13H19F2N3O. The van der Waals surface area contributed by atoms with Gasteiger partial charge in [0.1, 0.15) is 5.84 Å². The molecule has 0 atom stereocenters. The lowest BCUT2D eigenvalue weighted by molar-refractivity contribution is 0.305. The summed E-state index contributed by atoms with van der Waals surface area (Å²) < 4.78 is 25.7. The Balaban J connectivity index is 2.41. The highest BCUT2D eigenvalue weighted by atomic mass is 19.2. The predicted octanol–water partition coefficient (Wildman–Crippen LogP) is 2.93. The quantitative estimate of drug-likeness (QED) is 0.245. The lowest BCUT2D eigenvalue weighted by atomic mass is 9.86. The first-order chi connectivity index (χ1) is 8.86. The van der Waals surface area contributed by atoms with Crippen LogP contribution >= 0.6 is 0 Å². The first-order valence-corrected chi connectivity index (χ1v) is 6.04. The Labute approximate surface area is 111 Å². The summed E-state index contributed by atoms with van der Waals surface area (Å²) in [5, 5.41) is 14.6. The molecule has 1 rings (SSSR count). The third-order valence-corrected chi connectivity index (χ3v) is 3.03. The second kappa shape index (κ2) is 6.36. The van der Waals surface area contributed by atoms with Gasteiger partial charge in [0.25, 0.3) is 0 Å². The molecule has 0 aliphatic rings. The van der Waals surface area contributed by atoms with Crippen LogP contribution in [-0.4, -0.2) is 17.6 Å². The molecule has 1 aromatic carbocycles. The van der Waals surface area contributed by atoms with Crippen LogP contribution in [0.25, 0.3) is 0 Å². The van der Waals surface area contributed by atoms with Crippen LogP contribution in [0.1, 0.15) is 26.7 Å². The largest absolute Gasteiger partial charge is 0.409 e. The summed E-state index contributed by atoms with van der Waals surface area (Å²) in [5.41, 5.74) is 5.70. The third-order valence-electron chi connectivity index (χ3n) is 3.03. The van der Waals surface area contributed by atoms with E-state index in [-0.39, 0.29) is 5.84 Å². The van der Waals surface area contributed by atoms with Gasteiger partial charge in [0.05, 0.1) is 0 Å². The van der Waals surface area contributed by atoms with Crippen molar-refractivity contribution in [3.8, 4) is 0 Å². The van der Waals surface area contributed by atoms with Crippen LogP contribution in [0, 0.1) is 17.0 Å². The van der Waals surface area contributed by atoms with Crippen molar-refractivity contribution >= 4 is 11.5 Å². The molecule has 0 fully saturated rings. The molecule has 0 aliphatic heterocycles. The average molecular weight is 271 g/mol. The van der Waals surface area contributed by atoms with Crippen molar-refractivity contribution in [1.82, 2.24) is 0 Å². The Bertz CT molecular complexity index is 461. The van der Waals surface area contributed by atoms with Crippen LogP contribution in [0.4, 0.5) is 14.5 Å². The van der Waals surface area contributed by atoms with Crippen molar-refractivity contribution in [3.05, 3.63) is 29.8 Å². The third kappa shape index (κ3) is 4.39. The Morgan fingerprint density at radius 2 is 2.05 bits per heavy atom. The molecule has 1 aromatic rings. The van der Waals surface area contributed by atoms with E-state index in [0.29, 0.717) is 18.7 Å². The number of nitrogens with two attached hydrogens (primary N) is 1. The van der Waals surface area contributed by atoms with Crippen molar-refractivity contribution in [3.63, 3.8) is 0 Å². The lowest BCUT2D eigenvalue weighted by Gasteiger charge is -2.22. The maximum Gasteiger partial charge on any atom is 0.160 e. The van der Waals surface area contributed by atoms with Crippen LogP contribution in [0.3, 0.4) is 0 Å². The summed E-state index contributed by atoms with van der Waals surface area (Å²) in [7, 11) is 0. The molecule has 19 heavy (non-hydrogen) atoms. The topological polar surface area (TPSA) is 70.6 Å². The zero-order valence-electron chi connectivity index (χ0n) is 11.1.